The standard InChI is InChI=1S/C13H20O6S.C12H18O4.CH3ClO2S/c1-16-8-9-18-12-5-4-11(10-13(12)17-2)6-7-19-20(3,14)15;1-14-7-8-16-11-4-3-10(5-6-13)9-12(11)15-2;1-5(2,3)4/h4-5,10H,6-9H2,1-3H3;3-4,9,13H,5-8H2,1-2H3;1H3. The number of ether oxygens (including phenoxy) is 6. The molecule has 2 aromatic rings. The fraction of sp³-hybridized carbons (Fsp3) is 0.538. The monoisotopic (exact) mass is 644 g/mol. The highest BCUT2D eigenvalue weighted by atomic mass is 35.7. The Labute approximate surface area is 247 Å². The zero-order valence-electron chi connectivity index (χ0n) is 24.3. The van der Waals surface area contributed by atoms with E-state index in [-0.39, 0.29) is 13.2 Å². The molecule has 0 aliphatic carbocycles. The van der Waals surface area contributed by atoms with E-state index in [4.69, 9.17) is 37.7 Å². The van der Waals surface area contributed by atoms with Gasteiger partial charge in [0, 0.05) is 31.5 Å². The first-order valence-corrected chi connectivity index (χ1v) is 16.7. The first-order valence-electron chi connectivity index (χ1n) is 12.2. The number of methoxy groups -OCH3 is 4. The summed E-state index contributed by atoms with van der Waals surface area (Å²) in [6.07, 6.45) is 3.05. The summed E-state index contributed by atoms with van der Waals surface area (Å²) in [5, 5.41) is 8.84. The van der Waals surface area contributed by atoms with Crippen LogP contribution in [-0.2, 0) is 45.7 Å². The minimum atomic E-state index is -3.40. The Bertz CT molecular complexity index is 1200. The highest BCUT2D eigenvalue weighted by molar-refractivity contribution is 8.13. The fourth-order valence-electron chi connectivity index (χ4n) is 2.88. The number of aliphatic hydroxyl groups is 1. The Kier molecular flexibility index (Phi) is 20.2. The molecule has 0 heterocycles. The molecule has 1 N–H and O–H groups in total. The molecular weight excluding hydrogens is 604 g/mol. The highest BCUT2D eigenvalue weighted by Gasteiger charge is 2.08. The number of benzene rings is 2. The van der Waals surface area contributed by atoms with Gasteiger partial charge in [-0.25, -0.2) is 8.42 Å². The van der Waals surface area contributed by atoms with Gasteiger partial charge in [0.2, 0.25) is 9.05 Å². The molecular formula is C26H41ClO12S2. The van der Waals surface area contributed by atoms with Crippen LogP contribution in [0.5, 0.6) is 23.0 Å². The summed E-state index contributed by atoms with van der Waals surface area (Å²) in [5.74, 6) is 2.60. The fourth-order valence-corrected chi connectivity index (χ4v) is 3.27. The smallest absolute Gasteiger partial charge is 0.264 e. The molecule has 2 aromatic carbocycles. The van der Waals surface area contributed by atoms with Gasteiger partial charge in [-0.15, -0.1) is 0 Å². The van der Waals surface area contributed by atoms with E-state index in [9.17, 15) is 16.8 Å². The highest BCUT2D eigenvalue weighted by Crippen LogP contribution is 2.29. The SMILES string of the molecule is COCCOc1ccc(CCO)cc1OC.COCCOc1ccc(CCOS(C)(=O)=O)cc1OC.CS(=O)(=O)Cl. The summed E-state index contributed by atoms with van der Waals surface area (Å²) in [6, 6.07) is 11.1. The van der Waals surface area contributed by atoms with E-state index >= 15 is 0 Å². The molecule has 0 aliphatic rings. The number of hydrogen-bond donors (Lipinski definition) is 1. The van der Waals surface area contributed by atoms with Crippen molar-refractivity contribution in [3.63, 3.8) is 0 Å². The molecule has 0 radical (unpaired) electrons. The Hall–Kier alpha value is -2.33. The number of rotatable bonds is 16. The third-order valence-electron chi connectivity index (χ3n) is 4.63. The van der Waals surface area contributed by atoms with E-state index in [1.165, 1.54) is 0 Å². The molecule has 0 bridgehead atoms. The third-order valence-corrected chi connectivity index (χ3v) is 5.23. The summed E-state index contributed by atoms with van der Waals surface area (Å²) in [6.45, 7) is 2.20. The molecule has 236 valence electrons. The van der Waals surface area contributed by atoms with Gasteiger partial charge in [-0.2, -0.15) is 8.42 Å². The maximum absolute atomic E-state index is 10.9. The molecule has 0 saturated heterocycles. The van der Waals surface area contributed by atoms with Crippen LogP contribution in [0.15, 0.2) is 36.4 Å². The molecule has 41 heavy (non-hydrogen) atoms. The second-order valence-electron chi connectivity index (χ2n) is 8.08. The lowest BCUT2D eigenvalue weighted by Crippen LogP contribution is -2.07. The van der Waals surface area contributed by atoms with Crippen LogP contribution in [0.25, 0.3) is 0 Å². The van der Waals surface area contributed by atoms with Crippen LogP contribution >= 0.6 is 10.7 Å². The van der Waals surface area contributed by atoms with Crippen molar-refractivity contribution in [1.82, 2.24) is 0 Å². The summed E-state index contributed by atoms with van der Waals surface area (Å²) in [5.41, 5.74) is 1.93. The van der Waals surface area contributed by atoms with Crippen LogP contribution in [0.1, 0.15) is 11.1 Å². The van der Waals surface area contributed by atoms with Gasteiger partial charge in [0.1, 0.15) is 13.2 Å². The van der Waals surface area contributed by atoms with Gasteiger partial charge in [0.15, 0.2) is 23.0 Å². The number of aliphatic hydroxyl groups excluding tert-OH is 1. The van der Waals surface area contributed by atoms with E-state index in [1.807, 2.05) is 24.3 Å². The summed E-state index contributed by atoms with van der Waals surface area (Å²) in [7, 11) is 4.29. The first kappa shape index (κ1) is 38.7. The van der Waals surface area contributed by atoms with Crippen molar-refractivity contribution in [2.24, 2.45) is 0 Å². The van der Waals surface area contributed by atoms with Crippen molar-refractivity contribution in [3.8, 4) is 23.0 Å². The minimum Gasteiger partial charge on any atom is -0.493 e. The Morgan fingerprint density at radius 2 is 1.07 bits per heavy atom. The molecule has 15 heteroatoms. The van der Waals surface area contributed by atoms with Gasteiger partial charge in [0.05, 0.1) is 46.6 Å². The average molecular weight is 645 g/mol. The van der Waals surface area contributed by atoms with Gasteiger partial charge in [-0.05, 0) is 48.2 Å². The Morgan fingerprint density at radius 3 is 1.41 bits per heavy atom. The summed E-state index contributed by atoms with van der Waals surface area (Å²) in [4.78, 5) is 0. The predicted octanol–water partition coefficient (Wildman–Crippen LogP) is 2.68. The van der Waals surface area contributed by atoms with E-state index in [0.29, 0.717) is 62.3 Å². The lowest BCUT2D eigenvalue weighted by molar-refractivity contribution is 0.144. The summed E-state index contributed by atoms with van der Waals surface area (Å²) < 4.78 is 76.5. The molecule has 0 amide bonds. The van der Waals surface area contributed by atoms with E-state index in [2.05, 4.69) is 10.7 Å². The quantitative estimate of drug-likeness (QED) is 0.162. The Balaban J connectivity index is 0.000000681. The number of hydrogen-bond acceptors (Lipinski definition) is 12. The van der Waals surface area contributed by atoms with Crippen molar-refractivity contribution in [2.45, 2.75) is 12.8 Å². The van der Waals surface area contributed by atoms with Crippen LogP contribution in [0.2, 0.25) is 0 Å². The van der Waals surface area contributed by atoms with E-state index < -0.39 is 19.2 Å². The maximum Gasteiger partial charge on any atom is 0.264 e. The molecule has 0 spiro atoms. The molecule has 12 nitrogen and oxygen atoms in total. The zero-order chi connectivity index (χ0) is 31.3. The normalized spacial score (nSPS) is 10.9. The third kappa shape index (κ3) is 21.1. The lowest BCUT2D eigenvalue weighted by Gasteiger charge is -2.12. The second kappa shape index (κ2) is 21.4. The Morgan fingerprint density at radius 1 is 0.659 bits per heavy atom. The average Bonchev–Trinajstić information content (AvgIpc) is 2.89. The summed E-state index contributed by atoms with van der Waals surface area (Å²) >= 11 is 0. The van der Waals surface area contributed by atoms with E-state index in [1.54, 1.807) is 40.6 Å². The van der Waals surface area contributed by atoms with Crippen LogP contribution in [0.4, 0.5) is 0 Å². The van der Waals surface area contributed by atoms with Crippen molar-refractivity contribution >= 4 is 29.9 Å². The van der Waals surface area contributed by atoms with Crippen molar-refractivity contribution in [2.75, 3.05) is 80.6 Å². The van der Waals surface area contributed by atoms with E-state index in [0.717, 1.165) is 23.6 Å². The van der Waals surface area contributed by atoms with Gasteiger partial charge >= 0.3 is 0 Å². The van der Waals surface area contributed by atoms with Gasteiger partial charge < -0.3 is 33.5 Å². The lowest BCUT2D eigenvalue weighted by atomic mass is 10.1. The molecule has 0 aliphatic heterocycles. The van der Waals surface area contributed by atoms with Gasteiger partial charge in [-0.1, -0.05) is 12.1 Å². The van der Waals surface area contributed by atoms with Gasteiger partial charge in [-0.3, -0.25) is 4.18 Å². The van der Waals surface area contributed by atoms with Crippen LogP contribution in [-0.4, -0.2) is 103 Å². The van der Waals surface area contributed by atoms with Gasteiger partial charge in [0.25, 0.3) is 10.1 Å². The number of halogens is 1. The molecule has 0 atom stereocenters. The maximum atomic E-state index is 10.9. The molecule has 0 unspecified atom stereocenters. The van der Waals surface area contributed by atoms with Crippen LogP contribution in [0.3, 0.4) is 0 Å². The predicted molar refractivity (Wildman–Crippen MR) is 157 cm³/mol. The van der Waals surface area contributed by atoms with Crippen molar-refractivity contribution < 1.29 is 54.5 Å². The zero-order valence-corrected chi connectivity index (χ0v) is 26.6. The molecule has 0 fully saturated rings. The largest absolute Gasteiger partial charge is 0.493 e. The second-order valence-corrected chi connectivity index (χ2v) is 12.8. The topological polar surface area (TPSA) is 153 Å². The van der Waals surface area contributed by atoms with Crippen molar-refractivity contribution in [1.29, 1.82) is 0 Å². The molecule has 2 rings (SSSR count). The minimum absolute atomic E-state index is 0.103. The van der Waals surface area contributed by atoms with Crippen LogP contribution < -0.4 is 18.9 Å². The molecule has 0 saturated carbocycles. The first-order chi connectivity index (χ1) is 19.3. The molecule has 0 aromatic heterocycles. The van der Waals surface area contributed by atoms with Crippen LogP contribution in [0, 0.1) is 0 Å². The van der Waals surface area contributed by atoms with Crippen molar-refractivity contribution in [3.05, 3.63) is 47.5 Å².